The summed E-state index contributed by atoms with van der Waals surface area (Å²) in [6.45, 7) is 9.84. The van der Waals surface area contributed by atoms with Crippen LogP contribution >= 0.6 is 0 Å². The maximum absolute atomic E-state index is 5.72. The number of nitrogens with one attached hydrogen (secondary N) is 1. The Bertz CT molecular complexity index is 520. The summed E-state index contributed by atoms with van der Waals surface area (Å²) in [6, 6.07) is 8.36. The van der Waals surface area contributed by atoms with E-state index in [0.29, 0.717) is 6.10 Å². The van der Waals surface area contributed by atoms with Crippen LogP contribution in [0.15, 0.2) is 29.3 Å². The zero-order chi connectivity index (χ0) is 18.1. The van der Waals surface area contributed by atoms with Gasteiger partial charge in [0.2, 0.25) is 0 Å². The van der Waals surface area contributed by atoms with Gasteiger partial charge in [-0.25, -0.2) is 0 Å². The van der Waals surface area contributed by atoms with Gasteiger partial charge in [-0.3, -0.25) is 4.99 Å². The van der Waals surface area contributed by atoms with Crippen LogP contribution in [0, 0.1) is 0 Å². The molecule has 0 bridgehead atoms. The van der Waals surface area contributed by atoms with Gasteiger partial charge >= 0.3 is 0 Å². The Morgan fingerprint density at radius 3 is 2.48 bits per heavy atom. The Hall–Kier alpha value is -1.75. The lowest BCUT2D eigenvalue weighted by molar-refractivity contribution is 0.0264. The van der Waals surface area contributed by atoms with Crippen LogP contribution in [0.25, 0.3) is 0 Å². The largest absolute Gasteiger partial charge is 0.491 e. The van der Waals surface area contributed by atoms with Crippen molar-refractivity contribution in [3.8, 4) is 5.75 Å². The minimum absolute atomic E-state index is 0.211. The zero-order valence-electron chi connectivity index (χ0n) is 16.1. The first-order valence-electron chi connectivity index (χ1n) is 9.45. The molecular formula is C20H33N3O2. The number of likely N-dealkylation sites (tertiary alicyclic amines) is 1. The molecule has 0 aliphatic carbocycles. The number of aliphatic imine (C=N–C) groups is 1. The second kappa shape index (κ2) is 10.3. The quantitative estimate of drug-likeness (QED) is 0.608. The average molecular weight is 348 g/mol. The highest BCUT2D eigenvalue weighted by atomic mass is 16.5. The van der Waals surface area contributed by atoms with Gasteiger partial charge in [0.1, 0.15) is 5.75 Å². The first-order valence-corrected chi connectivity index (χ1v) is 9.45. The van der Waals surface area contributed by atoms with E-state index in [0.717, 1.165) is 57.2 Å². The van der Waals surface area contributed by atoms with E-state index >= 15 is 0 Å². The lowest BCUT2D eigenvalue weighted by Crippen LogP contribution is -2.47. The third kappa shape index (κ3) is 6.58. The van der Waals surface area contributed by atoms with E-state index < -0.39 is 0 Å². The highest BCUT2D eigenvalue weighted by Gasteiger charge is 2.21. The average Bonchev–Trinajstić information content (AvgIpc) is 2.61. The van der Waals surface area contributed by atoms with E-state index in [4.69, 9.17) is 9.47 Å². The van der Waals surface area contributed by atoms with Crippen molar-refractivity contribution in [3.63, 3.8) is 0 Å². The molecule has 1 aliphatic heterocycles. The predicted molar refractivity (Wildman–Crippen MR) is 103 cm³/mol. The molecule has 0 atom stereocenters. The fraction of sp³-hybridized carbons (Fsp3) is 0.650. The molecule has 140 valence electrons. The lowest BCUT2D eigenvalue weighted by atomic mass is 10.1. The van der Waals surface area contributed by atoms with Crippen LogP contribution < -0.4 is 10.1 Å². The molecule has 0 amide bonds. The van der Waals surface area contributed by atoms with Gasteiger partial charge in [-0.2, -0.15) is 0 Å². The van der Waals surface area contributed by atoms with Gasteiger partial charge in [0.15, 0.2) is 5.96 Å². The third-order valence-electron chi connectivity index (χ3n) is 4.35. The maximum atomic E-state index is 5.72. The first-order chi connectivity index (χ1) is 12.1. The Morgan fingerprint density at radius 1 is 1.24 bits per heavy atom. The van der Waals surface area contributed by atoms with Crippen molar-refractivity contribution in [1.29, 1.82) is 0 Å². The van der Waals surface area contributed by atoms with Gasteiger partial charge in [-0.05, 0) is 57.7 Å². The van der Waals surface area contributed by atoms with E-state index in [1.807, 2.05) is 33.0 Å². The normalized spacial score (nSPS) is 16.4. The van der Waals surface area contributed by atoms with Crippen LogP contribution in [0.5, 0.6) is 5.75 Å². The zero-order valence-corrected chi connectivity index (χ0v) is 16.1. The molecule has 0 unspecified atom stereocenters. The maximum Gasteiger partial charge on any atom is 0.193 e. The van der Waals surface area contributed by atoms with Gasteiger partial charge < -0.3 is 19.7 Å². The van der Waals surface area contributed by atoms with E-state index in [9.17, 15) is 0 Å². The monoisotopic (exact) mass is 347 g/mol. The molecule has 1 heterocycles. The number of piperidine rings is 1. The lowest BCUT2D eigenvalue weighted by Gasteiger charge is -2.34. The van der Waals surface area contributed by atoms with Gasteiger partial charge in [-0.1, -0.05) is 12.1 Å². The summed E-state index contributed by atoms with van der Waals surface area (Å²) in [5.41, 5.74) is 1.30. The van der Waals surface area contributed by atoms with Gasteiger partial charge in [0.25, 0.3) is 0 Å². The topological polar surface area (TPSA) is 46.1 Å². The third-order valence-corrected chi connectivity index (χ3v) is 4.35. The summed E-state index contributed by atoms with van der Waals surface area (Å²) in [5.74, 6) is 1.93. The summed E-state index contributed by atoms with van der Waals surface area (Å²) in [4.78, 5) is 6.76. The molecular weight excluding hydrogens is 314 g/mol. The Balaban J connectivity index is 1.74. The minimum atomic E-state index is 0.211. The van der Waals surface area contributed by atoms with Crippen LogP contribution in [0.4, 0.5) is 0 Å². The van der Waals surface area contributed by atoms with E-state index in [1.165, 1.54) is 5.56 Å². The van der Waals surface area contributed by atoms with Crippen LogP contribution in [-0.4, -0.2) is 56.4 Å². The van der Waals surface area contributed by atoms with Crippen LogP contribution in [0.2, 0.25) is 0 Å². The van der Waals surface area contributed by atoms with Crippen molar-refractivity contribution in [1.82, 2.24) is 10.2 Å². The molecule has 5 heteroatoms. The Labute approximate surface area is 152 Å². The number of hydrogen-bond acceptors (Lipinski definition) is 3. The first kappa shape index (κ1) is 19.6. The van der Waals surface area contributed by atoms with Crippen molar-refractivity contribution < 1.29 is 9.47 Å². The molecule has 0 aromatic heterocycles. The summed E-state index contributed by atoms with van der Waals surface area (Å²) < 4.78 is 11.4. The van der Waals surface area contributed by atoms with Crippen LogP contribution in [-0.2, 0) is 11.2 Å². The van der Waals surface area contributed by atoms with Gasteiger partial charge in [0, 0.05) is 33.3 Å². The molecule has 0 radical (unpaired) electrons. The summed E-state index contributed by atoms with van der Waals surface area (Å²) in [7, 11) is 1.86. The molecule has 1 N–H and O–H groups in total. The van der Waals surface area contributed by atoms with Gasteiger partial charge in [-0.15, -0.1) is 0 Å². The molecule has 25 heavy (non-hydrogen) atoms. The molecule has 2 rings (SSSR count). The minimum Gasteiger partial charge on any atom is -0.491 e. The summed E-state index contributed by atoms with van der Waals surface area (Å²) in [6.07, 6.45) is 3.74. The molecule has 1 aromatic rings. The van der Waals surface area contributed by atoms with E-state index in [-0.39, 0.29) is 6.10 Å². The van der Waals surface area contributed by atoms with Crippen molar-refractivity contribution >= 4 is 5.96 Å². The van der Waals surface area contributed by atoms with Crippen molar-refractivity contribution in [2.75, 3.05) is 33.3 Å². The second-order valence-corrected chi connectivity index (χ2v) is 6.68. The van der Waals surface area contributed by atoms with Crippen LogP contribution in [0.3, 0.4) is 0 Å². The molecule has 0 saturated carbocycles. The van der Waals surface area contributed by atoms with Crippen molar-refractivity contribution in [2.24, 2.45) is 4.99 Å². The van der Waals surface area contributed by atoms with Crippen molar-refractivity contribution in [2.45, 2.75) is 52.2 Å². The molecule has 1 aromatic carbocycles. The van der Waals surface area contributed by atoms with Gasteiger partial charge in [0.05, 0.1) is 12.2 Å². The van der Waals surface area contributed by atoms with E-state index in [1.54, 1.807) is 0 Å². The second-order valence-electron chi connectivity index (χ2n) is 6.68. The fourth-order valence-electron chi connectivity index (χ4n) is 3.13. The summed E-state index contributed by atoms with van der Waals surface area (Å²) >= 11 is 0. The van der Waals surface area contributed by atoms with Crippen LogP contribution in [0.1, 0.15) is 39.2 Å². The number of hydrogen-bond donors (Lipinski definition) is 1. The number of rotatable bonds is 7. The van der Waals surface area contributed by atoms with E-state index in [2.05, 4.69) is 34.3 Å². The molecule has 5 nitrogen and oxygen atoms in total. The smallest absolute Gasteiger partial charge is 0.193 e. The number of benzene rings is 1. The Morgan fingerprint density at radius 2 is 1.92 bits per heavy atom. The fourth-order valence-corrected chi connectivity index (χ4v) is 3.13. The number of nitrogens with zero attached hydrogens (tertiary/aromatic N) is 2. The number of ether oxygens (including phenoxy) is 2. The highest BCUT2D eigenvalue weighted by molar-refractivity contribution is 5.79. The SMILES string of the molecule is CCOC1CCN(C(=NC)NCCc2ccc(OC(C)C)cc2)CC1. The summed E-state index contributed by atoms with van der Waals surface area (Å²) in [5, 5.41) is 3.49. The molecule has 1 saturated heterocycles. The number of guanidine groups is 1. The Kier molecular flexibility index (Phi) is 8.06. The predicted octanol–water partition coefficient (Wildman–Crippen LogP) is 3.09. The van der Waals surface area contributed by atoms with Crippen molar-refractivity contribution in [3.05, 3.63) is 29.8 Å². The standard InChI is InChI=1S/C20H33N3O2/c1-5-24-18-11-14-23(15-12-18)20(21-4)22-13-10-17-6-8-19(9-7-17)25-16(2)3/h6-9,16,18H,5,10-15H2,1-4H3,(H,21,22). The molecule has 1 fully saturated rings. The highest BCUT2D eigenvalue weighted by Crippen LogP contribution is 2.15. The molecule has 1 aliphatic rings. The molecule has 0 spiro atoms.